The van der Waals surface area contributed by atoms with Crippen LogP contribution >= 0.6 is 0 Å². The van der Waals surface area contributed by atoms with Gasteiger partial charge in [-0.05, 0) is 55.7 Å². The molecule has 0 spiro atoms. The van der Waals surface area contributed by atoms with E-state index in [2.05, 4.69) is 10.3 Å². The minimum Gasteiger partial charge on any atom is -0.481 e. The van der Waals surface area contributed by atoms with Crippen LogP contribution in [0.4, 0.5) is 5.69 Å². The first kappa shape index (κ1) is 16.3. The van der Waals surface area contributed by atoms with E-state index in [1.807, 2.05) is 53.1 Å². The minimum absolute atomic E-state index is 0.102. The number of aliphatic carboxylic acids is 1. The molecule has 1 amide bonds. The molecule has 2 atom stereocenters. The number of hydrogen-bond acceptors (Lipinski definition) is 3. The van der Waals surface area contributed by atoms with Gasteiger partial charge in [-0.1, -0.05) is 12.1 Å². The molecular formula is C20H19N3O3. The SMILES string of the molecule is O=C(O)[C@@H]1CC[C@H](C(=O)Nc2ccc(-n3cnc4ccccc43)cc2)C1. The maximum atomic E-state index is 12.4. The zero-order valence-electron chi connectivity index (χ0n) is 14.1. The fraction of sp³-hybridized carbons (Fsp3) is 0.250. The van der Waals surface area contributed by atoms with E-state index in [1.165, 1.54) is 0 Å². The van der Waals surface area contributed by atoms with Gasteiger partial charge in [0.05, 0.1) is 17.0 Å². The summed E-state index contributed by atoms with van der Waals surface area (Å²) < 4.78 is 2.00. The van der Waals surface area contributed by atoms with Crippen LogP contribution in [0.3, 0.4) is 0 Å². The average molecular weight is 349 g/mol. The van der Waals surface area contributed by atoms with Crippen molar-refractivity contribution in [1.29, 1.82) is 0 Å². The summed E-state index contributed by atoms with van der Waals surface area (Å²) in [6.45, 7) is 0. The van der Waals surface area contributed by atoms with Gasteiger partial charge in [0.15, 0.2) is 0 Å². The number of fused-ring (bicyclic) bond motifs is 1. The summed E-state index contributed by atoms with van der Waals surface area (Å²) in [5.74, 6) is -1.54. The van der Waals surface area contributed by atoms with Gasteiger partial charge in [-0.3, -0.25) is 14.2 Å². The van der Waals surface area contributed by atoms with Crippen molar-refractivity contribution in [2.45, 2.75) is 19.3 Å². The second-order valence-electron chi connectivity index (χ2n) is 6.68. The Morgan fingerprint density at radius 3 is 2.50 bits per heavy atom. The number of rotatable bonds is 4. The number of carbonyl (C=O) groups is 2. The molecule has 2 N–H and O–H groups in total. The van der Waals surface area contributed by atoms with Gasteiger partial charge in [-0.25, -0.2) is 4.98 Å². The Labute approximate surface area is 150 Å². The van der Waals surface area contributed by atoms with Gasteiger partial charge in [0, 0.05) is 17.3 Å². The molecule has 0 unspecified atom stereocenters. The largest absolute Gasteiger partial charge is 0.481 e. The summed E-state index contributed by atoms with van der Waals surface area (Å²) in [5.41, 5.74) is 3.62. The zero-order valence-corrected chi connectivity index (χ0v) is 14.1. The van der Waals surface area contributed by atoms with E-state index >= 15 is 0 Å². The number of anilines is 1. The van der Waals surface area contributed by atoms with E-state index in [1.54, 1.807) is 6.33 Å². The Morgan fingerprint density at radius 2 is 1.77 bits per heavy atom. The smallest absolute Gasteiger partial charge is 0.306 e. The number of para-hydroxylation sites is 2. The number of benzene rings is 2. The number of imidazole rings is 1. The topological polar surface area (TPSA) is 84.2 Å². The van der Waals surface area contributed by atoms with Gasteiger partial charge in [0.1, 0.15) is 6.33 Å². The molecule has 1 saturated carbocycles. The molecule has 26 heavy (non-hydrogen) atoms. The molecule has 1 aromatic heterocycles. The number of carboxylic acid groups (broad SMARTS) is 1. The monoisotopic (exact) mass is 349 g/mol. The third-order valence-electron chi connectivity index (χ3n) is 5.02. The van der Waals surface area contributed by atoms with Crippen molar-refractivity contribution in [3.05, 3.63) is 54.9 Å². The molecule has 0 saturated heterocycles. The van der Waals surface area contributed by atoms with Gasteiger partial charge in [0.2, 0.25) is 5.91 Å². The van der Waals surface area contributed by atoms with Crippen molar-refractivity contribution < 1.29 is 14.7 Å². The molecule has 132 valence electrons. The Bertz CT molecular complexity index is 962. The van der Waals surface area contributed by atoms with Crippen LogP contribution in [-0.4, -0.2) is 26.5 Å². The lowest BCUT2D eigenvalue weighted by Crippen LogP contribution is -2.21. The standard InChI is InChI=1S/C20H19N3O3/c24-19(13-5-6-14(11-13)20(25)26)22-15-7-9-16(10-8-15)23-12-21-17-3-1-2-4-18(17)23/h1-4,7-10,12-14H,5-6,11H2,(H,22,24)(H,25,26)/t13-,14+/m0/s1. The number of carbonyl (C=O) groups excluding carboxylic acids is 1. The van der Waals surface area contributed by atoms with E-state index in [0.717, 1.165) is 16.7 Å². The highest BCUT2D eigenvalue weighted by Crippen LogP contribution is 2.32. The molecule has 1 heterocycles. The molecule has 1 aliphatic rings. The van der Waals surface area contributed by atoms with Crippen LogP contribution in [0.25, 0.3) is 16.7 Å². The minimum atomic E-state index is -0.808. The first-order valence-electron chi connectivity index (χ1n) is 8.68. The molecule has 0 bridgehead atoms. The van der Waals surface area contributed by atoms with Gasteiger partial charge < -0.3 is 10.4 Å². The van der Waals surface area contributed by atoms with E-state index < -0.39 is 11.9 Å². The Kier molecular flexibility index (Phi) is 4.16. The zero-order chi connectivity index (χ0) is 18.1. The van der Waals surface area contributed by atoms with Crippen LogP contribution in [0.15, 0.2) is 54.9 Å². The number of aromatic nitrogens is 2. The highest BCUT2D eigenvalue weighted by atomic mass is 16.4. The highest BCUT2D eigenvalue weighted by molar-refractivity contribution is 5.93. The Morgan fingerprint density at radius 1 is 1.04 bits per heavy atom. The number of nitrogens with one attached hydrogen (secondary N) is 1. The number of carboxylic acids is 1. The number of amides is 1. The lowest BCUT2D eigenvalue weighted by molar-refractivity contribution is -0.141. The quantitative estimate of drug-likeness (QED) is 0.755. The highest BCUT2D eigenvalue weighted by Gasteiger charge is 2.33. The third kappa shape index (κ3) is 3.06. The Balaban J connectivity index is 1.47. The number of nitrogens with zero attached hydrogens (tertiary/aromatic N) is 2. The summed E-state index contributed by atoms with van der Waals surface area (Å²) >= 11 is 0. The molecule has 1 aliphatic carbocycles. The summed E-state index contributed by atoms with van der Waals surface area (Å²) in [4.78, 5) is 27.8. The van der Waals surface area contributed by atoms with Gasteiger partial charge in [-0.2, -0.15) is 0 Å². The summed E-state index contributed by atoms with van der Waals surface area (Å²) in [6, 6.07) is 15.5. The first-order chi connectivity index (χ1) is 12.6. The third-order valence-corrected chi connectivity index (χ3v) is 5.02. The van der Waals surface area contributed by atoms with E-state index in [4.69, 9.17) is 5.11 Å². The maximum Gasteiger partial charge on any atom is 0.306 e. The normalized spacial score (nSPS) is 19.5. The van der Waals surface area contributed by atoms with Crippen molar-refractivity contribution >= 4 is 28.6 Å². The van der Waals surface area contributed by atoms with Crippen LogP contribution in [0.5, 0.6) is 0 Å². The lowest BCUT2D eigenvalue weighted by atomic mass is 10.0. The molecule has 3 aromatic rings. The summed E-state index contributed by atoms with van der Waals surface area (Å²) in [5, 5.41) is 12.0. The molecular weight excluding hydrogens is 330 g/mol. The van der Waals surface area contributed by atoms with Crippen molar-refractivity contribution in [2.75, 3.05) is 5.32 Å². The molecule has 1 fully saturated rings. The summed E-state index contributed by atoms with van der Waals surface area (Å²) in [7, 11) is 0. The van der Waals surface area contributed by atoms with Crippen LogP contribution in [0.2, 0.25) is 0 Å². The lowest BCUT2D eigenvalue weighted by Gasteiger charge is -2.12. The van der Waals surface area contributed by atoms with E-state index in [0.29, 0.717) is 24.9 Å². The van der Waals surface area contributed by atoms with Gasteiger partial charge >= 0.3 is 5.97 Å². The second kappa shape index (κ2) is 6.63. The van der Waals surface area contributed by atoms with Crippen molar-refractivity contribution in [1.82, 2.24) is 9.55 Å². The first-order valence-corrected chi connectivity index (χ1v) is 8.68. The fourth-order valence-corrected chi connectivity index (χ4v) is 3.56. The van der Waals surface area contributed by atoms with Crippen molar-refractivity contribution in [3.8, 4) is 5.69 Å². The maximum absolute atomic E-state index is 12.4. The molecule has 0 radical (unpaired) electrons. The predicted octanol–water partition coefficient (Wildman–Crippen LogP) is 3.46. The van der Waals surface area contributed by atoms with Crippen molar-refractivity contribution in [3.63, 3.8) is 0 Å². The molecule has 2 aromatic carbocycles. The summed E-state index contributed by atoms with van der Waals surface area (Å²) in [6.07, 6.45) is 3.39. The predicted molar refractivity (Wildman–Crippen MR) is 98.2 cm³/mol. The van der Waals surface area contributed by atoms with Crippen LogP contribution in [0, 0.1) is 11.8 Å². The fourth-order valence-electron chi connectivity index (χ4n) is 3.56. The van der Waals surface area contributed by atoms with E-state index in [-0.39, 0.29) is 11.8 Å². The number of hydrogen-bond donors (Lipinski definition) is 2. The molecule has 6 heteroatoms. The molecule has 6 nitrogen and oxygen atoms in total. The second-order valence-corrected chi connectivity index (χ2v) is 6.68. The van der Waals surface area contributed by atoms with Crippen LogP contribution in [0.1, 0.15) is 19.3 Å². The average Bonchev–Trinajstić information content (AvgIpc) is 3.30. The van der Waals surface area contributed by atoms with Crippen molar-refractivity contribution in [2.24, 2.45) is 11.8 Å². The molecule has 0 aliphatic heterocycles. The van der Waals surface area contributed by atoms with Crippen LogP contribution < -0.4 is 5.32 Å². The Hall–Kier alpha value is -3.15. The van der Waals surface area contributed by atoms with Crippen LogP contribution in [-0.2, 0) is 9.59 Å². The van der Waals surface area contributed by atoms with Gasteiger partial charge in [-0.15, -0.1) is 0 Å². The van der Waals surface area contributed by atoms with Gasteiger partial charge in [0.25, 0.3) is 0 Å². The molecule has 4 rings (SSSR count). The van der Waals surface area contributed by atoms with E-state index in [9.17, 15) is 9.59 Å².